The van der Waals surface area contributed by atoms with Crippen LogP contribution >= 0.6 is 22.9 Å². The summed E-state index contributed by atoms with van der Waals surface area (Å²) in [6, 6.07) is 14.2. The molecule has 0 bridgehead atoms. The first-order valence-corrected chi connectivity index (χ1v) is 15.8. The van der Waals surface area contributed by atoms with Gasteiger partial charge in [-0.15, -0.1) is 0 Å². The number of benzene rings is 3. The van der Waals surface area contributed by atoms with Gasteiger partial charge in [0.2, 0.25) is 17.4 Å². The quantitative estimate of drug-likeness (QED) is 0.129. The molecular formula is C34H34ClNO9S. The van der Waals surface area contributed by atoms with Gasteiger partial charge in [-0.2, -0.15) is 0 Å². The third kappa shape index (κ3) is 7.00. The van der Waals surface area contributed by atoms with Crippen molar-refractivity contribution < 1.29 is 38.4 Å². The number of hydrogen-bond acceptors (Lipinski definition) is 10. The highest BCUT2D eigenvalue weighted by molar-refractivity contribution is 7.09. The first-order valence-electron chi connectivity index (χ1n) is 14.6. The van der Waals surface area contributed by atoms with Gasteiger partial charge in [0.15, 0.2) is 17.3 Å². The molecule has 0 fully saturated rings. The highest BCUT2D eigenvalue weighted by Crippen LogP contribution is 2.53. The Morgan fingerprint density at radius 3 is 2.30 bits per heavy atom. The van der Waals surface area contributed by atoms with Crippen molar-refractivity contribution in [2.75, 3.05) is 20.8 Å². The van der Waals surface area contributed by atoms with Crippen LogP contribution in [0.3, 0.4) is 0 Å². The number of Topliss-reactive ketones (excluding diaryl/α,β-unsaturated/α-hetero) is 1. The average Bonchev–Trinajstić information content (AvgIpc) is 3.35. The van der Waals surface area contributed by atoms with Gasteiger partial charge in [0, 0.05) is 23.4 Å². The predicted octanol–water partition coefficient (Wildman–Crippen LogP) is 6.44. The van der Waals surface area contributed by atoms with Crippen LogP contribution in [0.4, 0.5) is 0 Å². The van der Waals surface area contributed by atoms with Crippen LogP contribution in [0.25, 0.3) is 0 Å². The van der Waals surface area contributed by atoms with Crippen molar-refractivity contribution in [1.82, 2.24) is 4.98 Å². The molecule has 242 valence electrons. The van der Waals surface area contributed by atoms with Gasteiger partial charge in [-0.05, 0) is 48.7 Å². The van der Waals surface area contributed by atoms with E-state index in [1.807, 2.05) is 31.2 Å². The summed E-state index contributed by atoms with van der Waals surface area (Å²) in [5, 5.41) is 10.4. The number of ether oxygens (including phenoxy) is 5. The number of esters is 1. The number of halogens is 1. The highest BCUT2D eigenvalue weighted by Gasteiger charge is 2.44. The van der Waals surface area contributed by atoms with Crippen LogP contribution in [0, 0.1) is 6.92 Å². The molecule has 2 N–H and O–H groups in total. The van der Waals surface area contributed by atoms with E-state index in [2.05, 4.69) is 4.98 Å². The zero-order valence-corrected chi connectivity index (χ0v) is 27.4. The van der Waals surface area contributed by atoms with Crippen molar-refractivity contribution in [2.45, 2.75) is 51.6 Å². The van der Waals surface area contributed by atoms with Crippen molar-refractivity contribution in [3.05, 3.63) is 90.4 Å². The normalized spacial score (nSPS) is 15.5. The lowest BCUT2D eigenvalue weighted by molar-refractivity contribution is -0.133. The summed E-state index contributed by atoms with van der Waals surface area (Å²) in [6.07, 6.45) is 1.43. The summed E-state index contributed by atoms with van der Waals surface area (Å²) in [4.78, 5) is 40.8. The molecule has 1 unspecified atom stereocenters. The Hall–Kier alpha value is -4.48. The molecule has 5 rings (SSSR count). The van der Waals surface area contributed by atoms with E-state index in [1.54, 1.807) is 31.2 Å². The Labute approximate surface area is 274 Å². The van der Waals surface area contributed by atoms with Gasteiger partial charge in [0.1, 0.15) is 11.4 Å². The van der Waals surface area contributed by atoms with Crippen LogP contribution < -0.4 is 28.6 Å². The SMILES string of the molecule is CCC1(CCOc2ccc(Cc3sc(=O)[nH]c3O)cc2)CC(=O)c2c(C)c(OC(=O)Cc3ccc(Cl)cc3)c(OC)c(OC)c2O1. The van der Waals surface area contributed by atoms with Crippen molar-refractivity contribution >= 4 is 34.7 Å². The minimum atomic E-state index is -0.870. The predicted molar refractivity (Wildman–Crippen MR) is 174 cm³/mol. The molecule has 1 atom stereocenters. The van der Waals surface area contributed by atoms with E-state index in [9.17, 15) is 19.5 Å². The molecule has 12 heteroatoms. The van der Waals surface area contributed by atoms with Crippen LogP contribution in [-0.2, 0) is 17.6 Å². The van der Waals surface area contributed by atoms with Gasteiger partial charge in [0.25, 0.3) is 0 Å². The fraction of sp³-hybridized carbons (Fsp3) is 0.324. The number of nitrogens with one attached hydrogen (secondary N) is 1. The van der Waals surface area contributed by atoms with E-state index in [1.165, 1.54) is 14.2 Å². The third-order valence-corrected chi connectivity index (χ3v) is 9.11. The first kappa shape index (κ1) is 32.9. The minimum Gasteiger partial charge on any atom is -0.494 e. The zero-order chi connectivity index (χ0) is 33.0. The van der Waals surface area contributed by atoms with Crippen LogP contribution in [0.15, 0.2) is 53.3 Å². The maximum Gasteiger partial charge on any atom is 0.315 e. The van der Waals surface area contributed by atoms with Crippen LogP contribution in [0.5, 0.6) is 34.6 Å². The molecule has 0 saturated carbocycles. The van der Waals surface area contributed by atoms with Gasteiger partial charge >= 0.3 is 10.8 Å². The first-order chi connectivity index (χ1) is 22.1. The smallest absolute Gasteiger partial charge is 0.315 e. The van der Waals surface area contributed by atoms with Crippen molar-refractivity contribution in [3.63, 3.8) is 0 Å². The molecule has 4 aromatic rings. The minimum absolute atomic E-state index is 0.00941. The summed E-state index contributed by atoms with van der Waals surface area (Å²) < 4.78 is 29.7. The van der Waals surface area contributed by atoms with Gasteiger partial charge in [-0.3, -0.25) is 19.4 Å². The number of H-pyrrole nitrogens is 1. The number of carbonyl (C=O) groups excluding carboxylic acids is 2. The molecule has 1 aromatic heterocycles. The van der Waals surface area contributed by atoms with E-state index < -0.39 is 11.6 Å². The third-order valence-electron chi connectivity index (χ3n) is 7.99. The molecule has 1 aliphatic rings. The molecule has 10 nitrogen and oxygen atoms in total. The van der Waals surface area contributed by atoms with Crippen molar-refractivity contribution in [2.24, 2.45) is 0 Å². The lowest BCUT2D eigenvalue weighted by Crippen LogP contribution is -2.43. The number of hydrogen-bond donors (Lipinski definition) is 2. The highest BCUT2D eigenvalue weighted by atomic mass is 35.5. The fourth-order valence-corrected chi connectivity index (χ4v) is 6.37. The second kappa shape index (κ2) is 13.9. The Morgan fingerprint density at radius 2 is 1.70 bits per heavy atom. The van der Waals surface area contributed by atoms with Gasteiger partial charge in [-0.25, -0.2) is 0 Å². The zero-order valence-electron chi connectivity index (χ0n) is 25.9. The summed E-state index contributed by atoms with van der Waals surface area (Å²) >= 11 is 6.93. The molecule has 0 aliphatic carbocycles. The molecule has 2 heterocycles. The van der Waals surface area contributed by atoms with Gasteiger partial charge in [-0.1, -0.05) is 54.1 Å². The fourth-order valence-electron chi connectivity index (χ4n) is 5.48. The van der Waals surface area contributed by atoms with Crippen molar-refractivity contribution in [3.8, 4) is 34.6 Å². The van der Waals surface area contributed by atoms with Crippen LogP contribution in [0.2, 0.25) is 5.02 Å². The van der Waals surface area contributed by atoms with Crippen LogP contribution in [0.1, 0.15) is 58.1 Å². The summed E-state index contributed by atoms with van der Waals surface area (Å²) in [5.41, 5.74) is 1.46. The number of carbonyl (C=O) groups is 2. The number of rotatable bonds is 12. The molecule has 0 radical (unpaired) electrons. The van der Waals surface area contributed by atoms with Gasteiger partial charge < -0.3 is 28.8 Å². The molecule has 3 aromatic carbocycles. The number of ketones is 1. The largest absolute Gasteiger partial charge is 0.494 e. The van der Waals surface area contributed by atoms with E-state index in [-0.39, 0.29) is 64.5 Å². The molecule has 46 heavy (non-hydrogen) atoms. The van der Waals surface area contributed by atoms with E-state index in [4.69, 9.17) is 35.3 Å². The number of methoxy groups -OCH3 is 2. The average molecular weight is 668 g/mol. The Balaban J connectivity index is 1.31. The standard InChI is InChI=1S/C34H34ClNO9S/c1-5-34(14-15-43-23-12-8-20(9-13-23)16-25-32(39)36-33(40)46-25)18-24(37)27-19(2)28(30(41-3)31(42-4)29(27)45-34)44-26(38)17-21-6-10-22(35)11-7-21/h6-13,39H,5,14-18H2,1-4H3,(H,36,40). The summed E-state index contributed by atoms with van der Waals surface area (Å²) in [5.74, 6) is 0.471. The number of thiazole rings is 1. The number of fused-ring (bicyclic) bond motifs is 1. The lowest BCUT2D eigenvalue weighted by Gasteiger charge is -2.39. The second-order valence-electron chi connectivity index (χ2n) is 10.9. The summed E-state index contributed by atoms with van der Waals surface area (Å²) in [6.45, 7) is 3.91. The van der Waals surface area contributed by atoms with E-state index in [0.717, 1.165) is 22.5 Å². The maximum atomic E-state index is 13.7. The molecule has 0 amide bonds. The van der Waals surface area contributed by atoms with Crippen molar-refractivity contribution in [1.29, 1.82) is 0 Å². The number of aromatic nitrogens is 1. The summed E-state index contributed by atoms with van der Waals surface area (Å²) in [7, 11) is 2.87. The molecule has 1 aliphatic heterocycles. The molecule has 0 spiro atoms. The number of aromatic hydroxyl groups is 1. The van der Waals surface area contributed by atoms with Gasteiger partial charge in [0.05, 0.1) is 44.1 Å². The maximum absolute atomic E-state index is 13.7. The molecule has 0 saturated heterocycles. The Morgan fingerprint density at radius 1 is 1.02 bits per heavy atom. The monoisotopic (exact) mass is 667 g/mol. The van der Waals surface area contributed by atoms with Crippen LogP contribution in [-0.4, -0.2) is 48.3 Å². The lowest BCUT2D eigenvalue weighted by atomic mass is 9.83. The van der Waals surface area contributed by atoms with E-state index >= 15 is 0 Å². The molecular weight excluding hydrogens is 634 g/mol. The van der Waals surface area contributed by atoms with E-state index in [0.29, 0.717) is 40.5 Å². The Bertz CT molecular complexity index is 1800. The number of aromatic amines is 1. The Kier molecular flexibility index (Phi) is 9.93. The topological polar surface area (TPSA) is 133 Å². The second-order valence-corrected chi connectivity index (χ2v) is 12.5.